The normalized spacial score (nSPS) is 17.0. The maximum absolute atomic E-state index is 13.3. The third-order valence-corrected chi connectivity index (χ3v) is 12.2. The molecule has 2 aromatic heterocycles. The number of alkyl carbamates (subject to hydrolysis) is 1. The smallest absolute Gasteiger partial charge is 0.407 e. The number of amides is 1. The molecular weight excluding hydrogens is 711 g/mol. The van der Waals surface area contributed by atoms with Crippen molar-refractivity contribution in [2.75, 3.05) is 60.5 Å². The highest BCUT2D eigenvalue weighted by atomic mass is 32.2. The minimum Gasteiger partial charge on any atom is -0.444 e. The zero-order valence-corrected chi connectivity index (χ0v) is 33.5. The molecule has 15 heteroatoms. The van der Waals surface area contributed by atoms with E-state index in [1.165, 1.54) is 0 Å². The number of hydrogen-bond donors (Lipinski definition) is 2. The van der Waals surface area contributed by atoms with E-state index in [0.717, 1.165) is 65.9 Å². The van der Waals surface area contributed by atoms with Crippen LogP contribution in [-0.2, 0) is 36.7 Å². The lowest BCUT2D eigenvalue weighted by Gasteiger charge is -2.28. The second-order valence-electron chi connectivity index (χ2n) is 16.0. The highest BCUT2D eigenvalue weighted by Crippen LogP contribution is 2.33. The summed E-state index contributed by atoms with van der Waals surface area (Å²) in [7, 11) is -4.95. The molecule has 53 heavy (non-hydrogen) atoms. The van der Waals surface area contributed by atoms with Crippen molar-refractivity contribution in [3.8, 4) is 11.3 Å². The molecule has 0 bridgehead atoms. The molecule has 2 aliphatic heterocycles. The molecule has 0 aliphatic carbocycles. The van der Waals surface area contributed by atoms with E-state index in [4.69, 9.17) is 14.2 Å². The van der Waals surface area contributed by atoms with Crippen molar-refractivity contribution in [2.24, 2.45) is 0 Å². The highest BCUT2D eigenvalue weighted by molar-refractivity contribution is 7.91. The van der Waals surface area contributed by atoms with Crippen LogP contribution in [-0.4, -0.2) is 94.8 Å². The fourth-order valence-electron chi connectivity index (χ4n) is 6.52. The summed E-state index contributed by atoms with van der Waals surface area (Å²) in [4.78, 5) is 25.9. The van der Waals surface area contributed by atoms with Gasteiger partial charge in [0, 0.05) is 52.2 Å². The molecule has 2 aromatic carbocycles. The quantitative estimate of drug-likeness (QED) is 0.118. The van der Waals surface area contributed by atoms with Gasteiger partial charge in [-0.05, 0) is 74.7 Å². The maximum Gasteiger partial charge on any atom is 0.407 e. The Hall–Kier alpha value is -4.18. The molecule has 286 valence electrons. The SMILES string of the molecule is CC(C)(C)OC(=O)N[C@@H]1CCN(c2ccc(CS(=O)(=O)Nc3ccc(-c4cc5c(N6CCOCC6)ncnc5n4COCC[Si](C)(C)C)cc3)cc2)C1. The van der Waals surface area contributed by atoms with Crippen molar-refractivity contribution >= 4 is 52.4 Å². The molecule has 2 saturated heterocycles. The van der Waals surface area contributed by atoms with Crippen LogP contribution in [0.2, 0.25) is 25.7 Å². The van der Waals surface area contributed by atoms with E-state index in [2.05, 4.69) is 60.1 Å². The second-order valence-corrected chi connectivity index (χ2v) is 23.4. The highest BCUT2D eigenvalue weighted by Gasteiger charge is 2.27. The Morgan fingerprint density at radius 3 is 2.38 bits per heavy atom. The number of morpholine rings is 1. The van der Waals surface area contributed by atoms with Crippen LogP contribution < -0.4 is 19.8 Å². The first-order chi connectivity index (χ1) is 25.1. The van der Waals surface area contributed by atoms with Crippen LogP contribution in [0.3, 0.4) is 0 Å². The van der Waals surface area contributed by atoms with Gasteiger partial charge in [0.1, 0.15) is 30.1 Å². The van der Waals surface area contributed by atoms with Gasteiger partial charge in [-0.25, -0.2) is 23.2 Å². The zero-order chi connectivity index (χ0) is 37.8. The summed E-state index contributed by atoms with van der Waals surface area (Å²) in [6.07, 6.45) is 1.99. The van der Waals surface area contributed by atoms with Crippen LogP contribution in [0, 0.1) is 0 Å². The number of hydrogen-bond acceptors (Lipinski definition) is 10. The molecule has 2 aliphatic rings. The standard InChI is InChI=1S/C38H53N7O6SSi/c1-38(2,3)51-37(46)41-31-15-16-44(24-31)32-13-7-28(8-14-32)25-52(47,48)42-30-11-9-29(10-12-30)34-23-33-35(43-17-19-49-20-18-43)39-26-40-36(33)45(34)27-50-21-22-53(4,5)6/h7-14,23,26,31,42H,15-22,24-25,27H2,1-6H3,(H,41,46)/t31-/m1/s1. The number of aromatic nitrogens is 3. The van der Waals surface area contributed by atoms with Crippen molar-refractivity contribution in [2.45, 2.75) is 77.0 Å². The van der Waals surface area contributed by atoms with Gasteiger partial charge in [0.25, 0.3) is 0 Å². The van der Waals surface area contributed by atoms with Gasteiger partial charge in [-0.3, -0.25) is 4.72 Å². The first-order valence-electron chi connectivity index (χ1n) is 18.3. The Morgan fingerprint density at radius 2 is 1.70 bits per heavy atom. The van der Waals surface area contributed by atoms with Crippen LogP contribution in [0.15, 0.2) is 60.9 Å². The Kier molecular flexibility index (Phi) is 11.7. The number of nitrogens with zero attached hydrogens (tertiary/aromatic N) is 5. The molecule has 4 aromatic rings. The van der Waals surface area contributed by atoms with E-state index in [1.807, 2.05) is 57.2 Å². The molecule has 0 spiro atoms. The van der Waals surface area contributed by atoms with E-state index in [9.17, 15) is 13.2 Å². The average Bonchev–Trinajstić information content (AvgIpc) is 3.71. The maximum atomic E-state index is 13.3. The van der Waals surface area contributed by atoms with Crippen LogP contribution in [0.5, 0.6) is 0 Å². The molecule has 6 rings (SSSR count). The summed E-state index contributed by atoms with van der Waals surface area (Å²) in [5, 5.41) is 3.89. The molecule has 13 nitrogen and oxygen atoms in total. The number of carbonyl (C=O) groups excluding carboxylic acids is 1. The lowest BCUT2D eigenvalue weighted by molar-refractivity contribution is 0.0509. The van der Waals surface area contributed by atoms with Crippen LogP contribution in [0.25, 0.3) is 22.3 Å². The van der Waals surface area contributed by atoms with Gasteiger partial charge in [0.2, 0.25) is 10.0 Å². The number of carbonyl (C=O) groups is 1. The van der Waals surface area contributed by atoms with Crippen molar-refractivity contribution < 1.29 is 27.4 Å². The summed E-state index contributed by atoms with van der Waals surface area (Å²) in [6, 6.07) is 18.1. The average molecular weight is 764 g/mol. The number of rotatable bonds is 13. The van der Waals surface area contributed by atoms with E-state index in [-0.39, 0.29) is 11.8 Å². The van der Waals surface area contributed by atoms with E-state index in [1.54, 1.807) is 18.5 Å². The molecule has 1 atom stereocenters. The van der Waals surface area contributed by atoms with Crippen molar-refractivity contribution in [3.63, 3.8) is 0 Å². The summed E-state index contributed by atoms with van der Waals surface area (Å²) < 4.78 is 48.5. The number of nitrogens with one attached hydrogen (secondary N) is 2. The second kappa shape index (κ2) is 16.0. The molecule has 1 amide bonds. The van der Waals surface area contributed by atoms with Crippen molar-refractivity contribution in [1.82, 2.24) is 19.9 Å². The summed E-state index contributed by atoms with van der Waals surface area (Å²) in [6.45, 7) is 17.8. The summed E-state index contributed by atoms with van der Waals surface area (Å²) >= 11 is 0. The van der Waals surface area contributed by atoms with Gasteiger partial charge in [0.05, 0.1) is 36.1 Å². The van der Waals surface area contributed by atoms with Gasteiger partial charge in [-0.15, -0.1) is 0 Å². The number of sulfonamides is 1. The fourth-order valence-corrected chi connectivity index (χ4v) is 8.47. The summed E-state index contributed by atoms with van der Waals surface area (Å²) in [5.74, 6) is 0.710. The van der Waals surface area contributed by atoms with Gasteiger partial charge < -0.3 is 33.9 Å². The Morgan fingerprint density at radius 1 is 0.981 bits per heavy atom. The number of ether oxygens (including phenoxy) is 3. The topological polar surface area (TPSA) is 140 Å². The minimum atomic E-state index is -3.69. The first-order valence-corrected chi connectivity index (χ1v) is 23.7. The van der Waals surface area contributed by atoms with E-state index < -0.39 is 29.8 Å². The van der Waals surface area contributed by atoms with Gasteiger partial charge in [-0.1, -0.05) is 43.9 Å². The van der Waals surface area contributed by atoms with Crippen LogP contribution in [0.1, 0.15) is 32.8 Å². The molecule has 4 heterocycles. The zero-order valence-electron chi connectivity index (χ0n) is 31.7. The van der Waals surface area contributed by atoms with Crippen LogP contribution >= 0.6 is 0 Å². The first kappa shape index (κ1) is 38.5. The number of benzene rings is 2. The fraction of sp³-hybridized carbons (Fsp3) is 0.500. The van der Waals surface area contributed by atoms with Gasteiger partial charge in [0.15, 0.2) is 0 Å². The third kappa shape index (κ3) is 10.5. The Bertz CT molecular complexity index is 1970. The molecular formula is C38H53N7O6SSi. The lowest BCUT2D eigenvalue weighted by atomic mass is 10.1. The van der Waals surface area contributed by atoms with E-state index in [0.29, 0.717) is 44.3 Å². The Balaban J connectivity index is 1.12. The molecule has 0 unspecified atom stereocenters. The molecule has 0 radical (unpaired) electrons. The lowest BCUT2D eigenvalue weighted by Crippen LogP contribution is -2.40. The van der Waals surface area contributed by atoms with Crippen molar-refractivity contribution in [1.29, 1.82) is 0 Å². The Labute approximate surface area is 314 Å². The number of fused-ring (bicyclic) bond motifs is 1. The predicted octanol–water partition coefficient (Wildman–Crippen LogP) is 6.29. The van der Waals surface area contributed by atoms with Gasteiger partial charge >= 0.3 is 6.09 Å². The van der Waals surface area contributed by atoms with Crippen LogP contribution in [0.4, 0.5) is 22.0 Å². The monoisotopic (exact) mass is 763 g/mol. The predicted molar refractivity (Wildman–Crippen MR) is 213 cm³/mol. The van der Waals surface area contributed by atoms with E-state index >= 15 is 0 Å². The molecule has 2 fully saturated rings. The summed E-state index contributed by atoms with van der Waals surface area (Å²) in [5.41, 5.74) is 4.21. The third-order valence-electron chi connectivity index (χ3n) is 9.22. The number of anilines is 3. The van der Waals surface area contributed by atoms with Gasteiger partial charge in [-0.2, -0.15) is 0 Å². The molecule has 0 saturated carbocycles. The van der Waals surface area contributed by atoms with Crippen molar-refractivity contribution in [3.05, 3.63) is 66.5 Å². The largest absolute Gasteiger partial charge is 0.444 e. The molecule has 2 N–H and O–H groups in total. The minimum absolute atomic E-state index is 0.0155.